The molecule has 1 amide bonds. The lowest BCUT2D eigenvalue weighted by atomic mass is 10.1. The number of carbonyl (C=O) groups excluding carboxylic acids is 1. The second-order valence-electron chi connectivity index (χ2n) is 6.18. The lowest BCUT2D eigenvalue weighted by molar-refractivity contribution is -0.135. The molecule has 0 saturated carbocycles. The number of methoxy groups -OCH3 is 1. The topological polar surface area (TPSA) is 58.8 Å². The fourth-order valence-electron chi connectivity index (χ4n) is 2.55. The van der Waals surface area contributed by atoms with Gasteiger partial charge in [0.15, 0.2) is 11.6 Å². The number of hydrogen-bond donors (Lipinski definition) is 0. The molecule has 0 spiro atoms. The third-order valence-electron chi connectivity index (χ3n) is 4.12. The van der Waals surface area contributed by atoms with Crippen molar-refractivity contribution >= 4 is 5.91 Å². The van der Waals surface area contributed by atoms with Gasteiger partial charge < -0.3 is 14.2 Å². The normalized spacial score (nSPS) is 12.3. The van der Waals surface area contributed by atoms with E-state index < -0.39 is 5.82 Å². The van der Waals surface area contributed by atoms with Gasteiger partial charge in [0.1, 0.15) is 5.76 Å². The summed E-state index contributed by atoms with van der Waals surface area (Å²) in [7, 11) is 4.98. The summed E-state index contributed by atoms with van der Waals surface area (Å²) in [4.78, 5) is 16.1. The lowest BCUT2D eigenvalue weighted by Gasteiger charge is -2.27. The van der Waals surface area contributed by atoms with Crippen molar-refractivity contribution in [2.24, 2.45) is 0 Å². The SMILES string of the molecule is COc1ccc(CN(C)C(=O)C(C)N(C)Cc2cc(C)on2)cc1F. The minimum atomic E-state index is -0.438. The second kappa shape index (κ2) is 8.11. The molecule has 7 heteroatoms. The fraction of sp³-hybridized carbons (Fsp3) is 0.444. The number of benzene rings is 1. The highest BCUT2D eigenvalue weighted by molar-refractivity contribution is 5.81. The molecule has 0 fully saturated rings. The molecule has 1 heterocycles. The number of nitrogens with zero attached hydrogens (tertiary/aromatic N) is 3. The van der Waals surface area contributed by atoms with Crippen LogP contribution in [0.5, 0.6) is 5.75 Å². The molecule has 1 aromatic carbocycles. The quantitative estimate of drug-likeness (QED) is 0.769. The molecule has 2 aromatic rings. The third-order valence-corrected chi connectivity index (χ3v) is 4.12. The molecule has 0 bridgehead atoms. The van der Waals surface area contributed by atoms with Crippen LogP contribution in [0.3, 0.4) is 0 Å². The molecule has 0 aliphatic heterocycles. The maximum absolute atomic E-state index is 13.8. The van der Waals surface area contributed by atoms with Crippen molar-refractivity contribution in [3.63, 3.8) is 0 Å². The minimum Gasteiger partial charge on any atom is -0.494 e. The Morgan fingerprint density at radius 3 is 2.60 bits per heavy atom. The Hall–Kier alpha value is -2.41. The van der Waals surface area contributed by atoms with E-state index in [1.807, 2.05) is 31.9 Å². The first-order valence-electron chi connectivity index (χ1n) is 8.01. The highest BCUT2D eigenvalue weighted by atomic mass is 19.1. The van der Waals surface area contributed by atoms with E-state index in [1.165, 1.54) is 13.2 Å². The monoisotopic (exact) mass is 349 g/mol. The van der Waals surface area contributed by atoms with Gasteiger partial charge in [-0.1, -0.05) is 11.2 Å². The van der Waals surface area contributed by atoms with Crippen LogP contribution in [0, 0.1) is 12.7 Å². The standard InChI is InChI=1S/C18H24FN3O3/c1-12-8-15(20-25-12)11-21(3)13(2)18(23)22(4)10-14-6-7-17(24-5)16(19)9-14/h6-9,13H,10-11H2,1-5H3. The second-order valence-corrected chi connectivity index (χ2v) is 6.18. The predicted molar refractivity (Wildman–Crippen MR) is 91.6 cm³/mol. The smallest absolute Gasteiger partial charge is 0.239 e. The van der Waals surface area contributed by atoms with Gasteiger partial charge >= 0.3 is 0 Å². The molecule has 6 nitrogen and oxygen atoms in total. The average Bonchev–Trinajstić information content (AvgIpc) is 2.98. The molecule has 0 N–H and O–H groups in total. The molecule has 25 heavy (non-hydrogen) atoms. The average molecular weight is 349 g/mol. The lowest BCUT2D eigenvalue weighted by Crippen LogP contribution is -2.43. The van der Waals surface area contributed by atoms with Crippen LogP contribution in [0.25, 0.3) is 0 Å². The van der Waals surface area contributed by atoms with Crippen LogP contribution in [0.1, 0.15) is 23.9 Å². The van der Waals surface area contributed by atoms with Crippen molar-refractivity contribution in [2.75, 3.05) is 21.2 Å². The number of likely N-dealkylation sites (N-methyl/N-ethyl adjacent to an activating group) is 2. The van der Waals surface area contributed by atoms with Crippen LogP contribution in [-0.4, -0.2) is 48.1 Å². The van der Waals surface area contributed by atoms with Gasteiger partial charge in [0, 0.05) is 26.2 Å². The van der Waals surface area contributed by atoms with E-state index in [1.54, 1.807) is 24.1 Å². The Morgan fingerprint density at radius 2 is 2.04 bits per heavy atom. The van der Waals surface area contributed by atoms with Crippen LogP contribution in [0.4, 0.5) is 4.39 Å². The molecule has 2 rings (SSSR count). The first-order chi connectivity index (χ1) is 11.8. The largest absolute Gasteiger partial charge is 0.494 e. The summed E-state index contributed by atoms with van der Waals surface area (Å²) in [5.74, 6) is 0.432. The zero-order valence-electron chi connectivity index (χ0n) is 15.2. The molecule has 1 atom stereocenters. The van der Waals surface area contributed by atoms with E-state index in [-0.39, 0.29) is 17.7 Å². The number of aryl methyl sites for hydroxylation is 1. The molecule has 0 radical (unpaired) electrons. The van der Waals surface area contributed by atoms with Crippen LogP contribution < -0.4 is 4.74 Å². The van der Waals surface area contributed by atoms with Crippen LogP contribution in [0.15, 0.2) is 28.8 Å². The van der Waals surface area contributed by atoms with Crippen molar-refractivity contribution in [3.05, 3.63) is 47.1 Å². The number of aromatic nitrogens is 1. The van der Waals surface area contributed by atoms with Gasteiger partial charge in [0.05, 0.1) is 18.8 Å². The summed E-state index contributed by atoms with van der Waals surface area (Å²) in [6.45, 7) is 4.49. The maximum atomic E-state index is 13.8. The molecular formula is C18H24FN3O3. The van der Waals surface area contributed by atoms with E-state index >= 15 is 0 Å². The Labute approximate surface area is 147 Å². The summed E-state index contributed by atoms with van der Waals surface area (Å²) in [5, 5.41) is 3.94. The zero-order chi connectivity index (χ0) is 18.6. The summed E-state index contributed by atoms with van der Waals surface area (Å²) in [6.07, 6.45) is 0. The Morgan fingerprint density at radius 1 is 1.32 bits per heavy atom. The molecule has 0 aliphatic carbocycles. The molecule has 1 aromatic heterocycles. The summed E-state index contributed by atoms with van der Waals surface area (Å²) >= 11 is 0. The fourth-order valence-corrected chi connectivity index (χ4v) is 2.55. The van der Waals surface area contributed by atoms with E-state index in [0.717, 1.165) is 11.5 Å². The van der Waals surface area contributed by atoms with Crippen LogP contribution in [0.2, 0.25) is 0 Å². The zero-order valence-corrected chi connectivity index (χ0v) is 15.2. The molecule has 1 unspecified atom stereocenters. The van der Waals surface area contributed by atoms with Crippen molar-refractivity contribution in [1.29, 1.82) is 0 Å². The van der Waals surface area contributed by atoms with Crippen molar-refractivity contribution in [2.45, 2.75) is 33.0 Å². The van der Waals surface area contributed by atoms with E-state index in [2.05, 4.69) is 5.16 Å². The predicted octanol–water partition coefficient (Wildman–Crippen LogP) is 2.61. The van der Waals surface area contributed by atoms with Crippen LogP contribution >= 0.6 is 0 Å². The minimum absolute atomic E-state index is 0.0565. The number of hydrogen-bond acceptors (Lipinski definition) is 5. The van der Waals surface area contributed by atoms with Crippen LogP contribution in [-0.2, 0) is 17.9 Å². The number of rotatable bonds is 7. The number of amides is 1. The van der Waals surface area contributed by atoms with Gasteiger partial charge in [-0.05, 0) is 38.6 Å². The highest BCUT2D eigenvalue weighted by Gasteiger charge is 2.22. The van der Waals surface area contributed by atoms with Gasteiger partial charge in [-0.3, -0.25) is 9.69 Å². The molecular weight excluding hydrogens is 325 g/mol. The van der Waals surface area contributed by atoms with E-state index in [0.29, 0.717) is 18.7 Å². The van der Waals surface area contributed by atoms with E-state index in [4.69, 9.17) is 9.26 Å². The highest BCUT2D eigenvalue weighted by Crippen LogP contribution is 2.19. The van der Waals surface area contributed by atoms with Crippen molar-refractivity contribution < 1.29 is 18.4 Å². The van der Waals surface area contributed by atoms with Crippen molar-refractivity contribution in [1.82, 2.24) is 15.0 Å². The van der Waals surface area contributed by atoms with E-state index in [9.17, 15) is 9.18 Å². The van der Waals surface area contributed by atoms with Gasteiger partial charge in [0.25, 0.3) is 0 Å². The maximum Gasteiger partial charge on any atom is 0.239 e. The summed E-state index contributed by atoms with van der Waals surface area (Å²) < 4.78 is 23.7. The molecule has 136 valence electrons. The first-order valence-corrected chi connectivity index (χ1v) is 8.01. The molecule has 0 aliphatic rings. The number of carbonyl (C=O) groups is 1. The van der Waals surface area contributed by atoms with Gasteiger partial charge in [-0.2, -0.15) is 0 Å². The Balaban J connectivity index is 1.97. The number of ether oxygens (including phenoxy) is 1. The van der Waals surface area contributed by atoms with Gasteiger partial charge in [-0.25, -0.2) is 4.39 Å². The first kappa shape index (κ1) is 18.9. The van der Waals surface area contributed by atoms with Crippen molar-refractivity contribution in [3.8, 4) is 5.75 Å². The Bertz CT molecular complexity index is 732. The summed E-state index contributed by atoms with van der Waals surface area (Å²) in [5.41, 5.74) is 1.48. The molecule has 0 saturated heterocycles. The van der Waals surface area contributed by atoms with Gasteiger partial charge in [-0.15, -0.1) is 0 Å². The number of halogens is 1. The van der Waals surface area contributed by atoms with Gasteiger partial charge in [0.2, 0.25) is 5.91 Å². The third kappa shape index (κ3) is 4.79. The Kier molecular flexibility index (Phi) is 6.14. The summed E-state index contributed by atoms with van der Waals surface area (Å²) in [6, 6.07) is 6.20.